The molecule has 0 heterocycles. The molecule has 2 nitrogen and oxygen atoms in total. The van der Waals surface area contributed by atoms with Crippen LogP contribution in [-0.4, -0.2) is 10.2 Å². The van der Waals surface area contributed by atoms with Gasteiger partial charge in [0.25, 0.3) is 0 Å². The van der Waals surface area contributed by atoms with Crippen LogP contribution in [0.15, 0.2) is 24.3 Å². The van der Waals surface area contributed by atoms with E-state index in [1.54, 1.807) is 12.1 Å². The SMILES string of the molecule is OC(O)c1ccc(CBr)cc1. The predicted octanol–water partition coefficient (Wildman–Crippen LogP) is 1.56. The average molecular weight is 217 g/mol. The highest BCUT2D eigenvalue weighted by molar-refractivity contribution is 9.08. The maximum Gasteiger partial charge on any atom is 0.178 e. The first-order chi connectivity index (χ1) is 5.24. The largest absolute Gasteiger partial charge is 0.364 e. The van der Waals surface area contributed by atoms with Crippen molar-refractivity contribution in [3.8, 4) is 0 Å². The van der Waals surface area contributed by atoms with E-state index in [0.717, 1.165) is 10.9 Å². The Hall–Kier alpha value is -0.380. The zero-order valence-corrected chi connectivity index (χ0v) is 7.45. The molecule has 0 aromatic heterocycles. The third kappa shape index (κ3) is 2.29. The second-order valence-corrected chi connectivity index (χ2v) is 2.81. The second-order valence-electron chi connectivity index (χ2n) is 2.25. The van der Waals surface area contributed by atoms with Crippen LogP contribution in [0.2, 0.25) is 0 Å². The topological polar surface area (TPSA) is 40.5 Å². The predicted molar refractivity (Wildman–Crippen MR) is 46.3 cm³/mol. The molecule has 0 unspecified atom stereocenters. The van der Waals surface area contributed by atoms with E-state index in [2.05, 4.69) is 15.9 Å². The fourth-order valence-corrected chi connectivity index (χ4v) is 1.15. The third-order valence-corrected chi connectivity index (χ3v) is 2.08. The lowest BCUT2D eigenvalue weighted by atomic mass is 10.1. The monoisotopic (exact) mass is 216 g/mol. The van der Waals surface area contributed by atoms with Crippen molar-refractivity contribution in [1.82, 2.24) is 0 Å². The van der Waals surface area contributed by atoms with E-state index in [1.165, 1.54) is 0 Å². The van der Waals surface area contributed by atoms with Gasteiger partial charge < -0.3 is 10.2 Å². The van der Waals surface area contributed by atoms with Crippen molar-refractivity contribution in [3.63, 3.8) is 0 Å². The normalized spacial score (nSPS) is 10.5. The molecule has 60 valence electrons. The highest BCUT2D eigenvalue weighted by Crippen LogP contribution is 2.12. The molecule has 0 spiro atoms. The van der Waals surface area contributed by atoms with Gasteiger partial charge in [-0.2, -0.15) is 0 Å². The summed E-state index contributed by atoms with van der Waals surface area (Å²) < 4.78 is 0. The van der Waals surface area contributed by atoms with Crippen molar-refractivity contribution >= 4 is 15.9 Å². The highest BCUT2D eigenvalue weighted by Gasteiger charge is 2.00. The third-order valence-electron chi connectivity index (χ3n) is 1.43. The molecule has 0 aliphatic rings. The van der Waals surface area contributed by atoms with Gasteiger partial charge in [-0.1, -0.05) is 40.2 Å². The quantitative estimate of drug-likeness (QED) is 0.583. The van der Waals surface area contributed by atoms with Gasteiger partial charge in [-0.15, -0.1) is 0 Å². The number of aliphatic hydroxyl groups is 2. The fourth-order valence-electron chi connectivity index (χ4n) is 0.779. The van der Waals surface area contributed by atoms with Gasteiger partial charge in [0, 0.05) is 10.9 Å². The smallest absolute Gasteiger partial charge is 0.178 e. The molecule has 1 aromatic rings. The fraction of sp³-hybridized carbons (Fsp3) is 0.250. The lowest BCUT2D eigenvalue weighted by molar-refractivity contribution is -0.0424. The Balaban J connectivity index is 2.83. The number of alkyl halides is 1. The van der Waals surface area contributed by atoms with E-state index < -0.39 is 6.29 Å². The molecule has 0 aliphatic carbocycles. The maximum atomic E-state index is 8.73. The van der Waals surface area contributed by atoms with Gasteiger partial charge in [0.15, 0.2) is 6.29 Å². The van der Waals surface area contributed by atoms with Crippen LogP contribution in [0.5, 0.6) is 0 Å². The summed E-state index contributed by atoms with van der Waals surface area (Å²) in [7, 11) is 0. The van der Waals surface area contributed by atoms with Crippen molar-refractivity contribution in [2.24, 2.45) is 0 Å². The van der Waals surface area contributed by atoms with Crippen molar-refractivity contribution < 1.29 is 10.2 Å². The lowest BCUT2D eigenvalue weighted by Crippen LogP contribution is -1.93. The van der Waals surface area contributed by atoms with E-state index in [4.69, 9.17) is 10.2 Å². The molecule has 0 saturated heterocycles. The van der Waals surface area contributed by atoms with E-state index in [0.29, 0.717) is 5.56 Å². The molecule has 2 N–H and O–H groups in total. The molecule has 0 saturated carbocycles. The summed E-state index contributed by atoms with van der Waals surface area (Å²) in [5.74, 6) is 0. The van der Waals surface area contributed by atoms with E-state index in [-0.39, 0.29) is 0 Å². The van der Waals surface area contributed by atoms with Crippen LogP contribution in [0.1, 0.15) is 17.4 Å². The summed E-state index contributed by atoms with van der Waals surface area (Å²) in [6.07, 6.45) is -1.36. The lowest BCUT2D eigenvalue weighted by Gasteiger charge is -2.03. The summed E-state index contributed by atoms with van der Waals surface area (Å²) in [5.41, 5.74) is 1.64. The average Bonchev–Trinajstić information content (AvgIpc) is 2.05. The standard InChI is InChI=1S/C8H9BrO2/c9-5-6-1-3-7(4-2-6)8(10)11/h1-4,8,10-11H,5H2. The van der Waals surface area contributed by atoms with Crippen molar-refractivity contribution in [2.45, 2.75) is 11.6 Å². The van der Waals surface area contributed by atoms with Crippen LogP contribution in [0.3, 0.4) is 0 Å². The Labute approximate surface area is 73.6 Å². The van der Waals surface area contributed by atoms with E-state index in [9.17, 15) is 0 Å². The Morgan fingerprint density at radius 3 is 2.09 bits per heavy atom. The number of rotatable bonds is 2. The Bertz CT molecular complexity index is 218. The number of halogens is 1. The molecular formula is C8H9BrO2. The second kappa shape index (κ2) is 3.85. The molecular weight excluding hydrogens is 208 g/mol. The van der Waals surface area contributed by atoms with Crippen LogP contribution in [0.25, 0.3) is 0 Å². The van der Waals surface area contributed by atoms with Crippen molar-refractivity contribution in [2.75, 3.05) is 0 Å². The minimum atomic E-state index is -1.36. The van der Waals surface area contributed by atoms with Crippen LogP contribution in [0, 0.1) is 0 Å². The van der Waals surface area contributed by atoms with Gasteiger partial charge in [0.05, 0.1) is 0 Å². The van der Waals surface area contributed by atoms with Crippen LogP contribution < -0.4 is 0 Å². The molecule has 0 bridgehead atoms. The zero-order valence-electron chi connectivity index (χ0n) is 5.87. The van der Waals surface area contributed by atoms with Gasteiger partial charge in [-0.3, -0.25) is 0 Å². The molecule has 0 amide bonds. The number of hydrogen-bond donors (Lipinski definition) is 2. The minimum absolute atomic E-state index is 0.523. The molecule has 0 aliphatic heterocycles. The highest BCUT2D eigenvalue weighted by atomic mass is 79.9. The summed E-state index contributed by atoms with van der Waals surface area (Å²) in [5, 5.41) is 18.2. The van der Waals surface area contributed by atoms with Gasteiger partial charge in [-0.25, -0.2) is 0 Å². The van der Waals surface area contributed by atoms with Gasteiger partial charge in [0.2, 0.25) is 0 Å². The minimum Gasteiger partial charge on any atom is -0.364 e. The first-order valence-corrected chi connectivity index (χ1v) is 4.37. The molecule has 1 aromatic carbocycles. The zero-order chi connectivity index (χ0) is 8.27. The van der Waals surface area contributed by atoms with Crippen molar-refractivity contribution in [3.05, 3.63) is 35.4 Å². The first-order valence-electron chi connectivity index (χ1n) is 3.25. The van der Waals surface area contributed by atoms with Crippen LogP contribution in [-0.2, 0) is 5.33 Å². The summed E-state index contributed by atoms with van der Waals surface area (Å²) >= 11 is 3.29. The molecule has 3 heteroatoms. The Morgan fingerprint density at radius 1 is 1.18 bits per heavy atom. The van der Waals surface area contributed by atoms with Gasteiger partial charge in [-0.05, 0) is 5.56 Å². The molecule has 1 rings (SSSR count). The number of hydrogen-bond acceptors (Lipinski definition) is 2. The molecule has 11 heavy (non-hydrogen) atoms. The van der Waals surface area contributed by atoms with Crippen LogP contribution >= 0.6 is 15.9 Å². The molecule has 0 fully saturated rings. The molecule has 0 atom stereocenters. The number of benzene rings is 1. The maximum absolute atomic E-state index is 8.73. The molecule has 0 radical (unpaired) electrons. The number of aliphatic hydroxyl groups excluding tert-OH is 1. The Morgan fingerprint density at radius 2 is 1.73 bits per heavy atom. The van der Waals surface area contributed by atoms with Gasteiger partial charge >= 0.3 is 0 Å². The summed E-state index contributed by atoms with van der Waals surface area (Å²) in [4.78, 5) is 0. The van der Waals surface area contributed by atoms with Gasteiger partial charge in [0.1, 0.15) is 0 Å². The van der Waals surface area contributed by atoms with Crippen LogP contribution in [0.4, 0.5) is 0 Å². The Kier molecular flexibility index (Phi) is 3.05. The first kappa shape index (κ1) is 8.71. The van der Waals surface area contributed by atoms with E-state index in [1.807, 2.05) is 12.1 Å². The van der Waals surface area contributed by atoms with E-state index >= 15 is 0 Å². The van der Waals surface area contributed by atoms with Crippen molar-refractivity contribution in [1.29, 1.82) is 0 Å². The summed E-state index contributed by atoms with van der Waals surface area (Å²) in [6, 6.07) is 7.09. The summed E-state index contributed by atoms with van der Waals surface area (Å²) in [6.45, 7) is 0.